The van der Waals surface area contributed by atoms with Gasteiger partial charge in [0.2, 0.25) is 6.79 Å². The van der Waals surface area contributed by atoms with Crippen LogP contribution in [0.15, 0.2) is 30.0 Å². The average molecular weight is 232 g/mol. The molecule has 1 aromatic carbocycles. The van der Waals surface area contributed by atoms with Crippen LogP contribution in [0.4, 0.5) is 0 Å². The lowest BCUT2D eigenvalue weighted by molar-refractivity contribution is -0.115. The third-order valence-corrected chi connectivity index (χ3v) is 3.10. The van der Waals surface area contributed by atoms with Crippen molar-refractivity contribution >= 4 is 5.78 Å². The lowest BCUT2D eigenvalue weighted by Crippen LogP contribution is -2.12. The Bertz CT molecular complexity index is 504. The van der Waals surface area contributed by atoms with Crippen LogP contribution in [-0.2, 0) is 4.79 Å². The zero-order chi connectivity index (χ0) is 11.8. The maximum atomic E-state index is 11.4. The minimum Gasteiger partial charge on any atom is -0.512 e. The second kappa shape index (κ2) is 3.80. The summed E-state index contributed by atoms with van der Waals surface area (Å²) in [6.45, 7) is 0.244. The van der Waals surface area contributed by atoms with Gasteiger partial charge in [-0.1, -0.05) is 6.07 Å². The first-order valence-electron chi connectivity index (χ1n) is 5.54. The number of benzene rings is 1. The van der Waals surface area contributed by atoms with E-state index in [-0.39, 0.29) is 24.3 Å². The monoisotopic (exact) mass is 232 g/mol. The molecule has 0 fully saturated rings. The molecule has 4 nitrogen and oxygen atoms in total. The van der Waals surface area contributed by atoms with E-state index in [9.17, 15) is 9.90 Å². The van der Waals surface area contributed by atoms with Crippen LogP contribution < -0.4 is 9.47 Å². The van der Waals surface area contributed by atoms with Crippen LogP contribution in [0.1, 0.15) is 24.3 Å². The van der Waals surface area contributed by atoms with Crippen LogP contribution >= 0.6 is 0 Å². The van der Waals surface area contributed by atoms with Gasteiger partial charge in [-0.05, 0) is 23.6 Å². The van der Waals surface area contributed by atoms with Crippen molar-refractivity contribution in [3.63, 3.8) is 0 Å². The van der Waals surface area contributed by atoms with Gasteiger partial charge in [-0.15, -0.1) is 0 Å². The Morgan fingerprint density at radius 3 is 2.82 bits per heavy atom. The first-order chi connectivity index (χ1) is 8.22. The number of ketones is 1. The van der Waals surface area contributed by atoms with Crippen molar-refractivity contribution in [3.8, 4) is 11.5 Å². The standard InChI is InChI=1S/C13H12O4/c14-10-3-9(4-11(15)6-10)8-1-2-12-13(5-8)17-7-16-12/h1-2,5-6,9,14H,3-4,7H2. The molecule has 1 aliphatic carbocycles. The molecule has 3 rings (SSSR count). The van der Waals surface area contributed by atoms with Gasteiger partial charge in [0.1, 0.15) is 0 Å². The summed E-state index contributed by atoms with van der Waals surface area (Å²) in [6, 6.07) is 5.65. The highest BCUT2D eigenvalue weighted by Gasteiger charge is 2.24. The summed E-state index contributed by atoms with van der Waals surface area (Å²) in [5.41, 5.74) is 1.00. The summed E-state index contributed by atoms with van der Waals surface area (Å²) in [6.07, 6.45) is 2.25. The lowest BCUT2D eigenvalue weighted by atomic mass is 9.86. The van der Waals surface area contributed by atoms with Crippen molar-refractivity contribution in [1.82, 2.24) is 0 Å². The topological polar surface area (TPSA) is 55.8 Å². The molecule has 1 aliphatic heterocycles. The molecule has 1 atom stereocenters. The Morgan fingerprint density at radius 2 is 2.00 bits per heavy atom. The molecule has 17 heavy (non-hydrogen) atoms. The molecule has 4 heteroatoms. The molecule has 2 aliphatic rings. The first kappa shape index (κ1) is 10.2. The van der Waals surface area contributed by atoms with E-state index in [4.69, 9.17) is 9.47 Å². The van der Waals surface area contributed by atoms with Gasteiger partial charge in [0.05, 0.1) is 5.76 Å². The van der Waals surface area contributed by atoms with Crippen molar-refractivity contribution in [3.05, 3.63) is 35.6 Å². The molecule has 0 saturated carbocycles. The quantitative estimate of drug-likeness (QED) is 0.807. The molecule has 88 valence electrons. The summed E-state index contributed by atoms with van der Waals surface area (Å²) >= 11 is 0. The average Bonchev–Trinajstić information content (AvgIpc) is 2.74. The van der Waals surface area contributed by atoms with Gasteiger partial charge in [0.15, 0.2) is 17.3 Å². The van der Waals surface area contributed by atoms with E-state index in [0.717, 1.165) is 11.3 Å². The van der Waals surface area contributed by atoms with Crippen molar-refractivity contribution in [2.75, 3.05) is 6.79 Å². The van der Waals surface area contributed by atoms with Gasteiger partial charge < -0.3 is 14.6 Å². The molecule has 0 saturated heterocycles. The van der Waals surface area contributed by atoms with Gasteiger partial charge in [-0.3, -0.25) is 4.79 Å². The molecule has 0 amide bonds. The fraction of sp³-hybridized carbons (Fsp3) is 0.308. The molecular formula is C13H12O4. The Balaban J connectivity index is 1.90. The van der Waals surface area contributed by atoms with Gasteiger partial charge in [-0.2, -0.15) is 0 Å². The molecule has 1 unspecified atom stereocenters. The molecule has 1 N–H and O–H groups in total. The van der Waals surface area contributed by atoms with E-state index >= 15 is 0 Å². The number of aliphatic hydroxyl groups is 1. The number of hydrogen-bond acceptors (Lipinski definition) is 4. The smallest absolute Gasteiger partial charge is 0.231 e. The Kier molecular flexibility index (Phi) is 2.28. The van der Waals surface area contributed by atoms with Crippen molar-refractivity contribution < 1.29 is 19.4 Å². The predicted molar refractivity (Wildman–Crippen MR) is 60.3 cm³/mol. The van der Waals surface area contributed by atoms with Crippen LogP contribution in [0.2, 0.25) is 0 Å². The molecule has 1 heterocycles. The van der Waals surface area contributed by atoms with E-state index < -0.39 is 0 Å². The van der Waals surface area contributed by atoms with Crippen LogP contribution in [0.5, 0.6) is 11.5 Å². The number of allylic oxidation sites excluding steroid dienone is 2. The summed E-state index contributed by atoms with van der Waals surface area (Å²) in [5.74, 6) is 1.60. The molecule has 0 spiro atoms. The summed E-state index contributed by atoms with van der Waals surface area (Å²) < 4.78 is 10.5. The molecule has 0 aromatic heterocycles. The van der Waals surface area contributed by atoms with E-state index in [2.05, 4.69) is 0 Å². The highest BCUT2D eigenvalue weighted by molar-refractivity contribution is 5.91. The number of hydrogen-bond donors (Lipinski definition) is 1. The molecule has 0 radical (unpaired) electrons. The minimum atomic E-state index is -0.0311. The number of aliphatic hydroxyl groups excluding tert-OH is 1. The Morgan fingerprint density at radius 1 is 1.18 bits per heavy atom. The number of carbonyl (C=O) groups excluding carboxylic acids is 1. The van der Waals surface area contributed by atoms with Gasteiger partial charge in [0, 0.05) is 18.9 Å². The van der Waals surface area contributed by atoms with Crippen LogP contribution in [0.25, 0.3) is 0 Å². The zero-order valence-corrected chi connectivity index (χ0v) is 9.18. The molecule has 1 aromatic rings. The van der Waals surface area contributed by atoms with E-state index in [1.807, 2.05) is 18.2 Å². The minimum absolute atomic E-state index is 0.0296. The fourth-order valence-corrected chi connectivity index (χ4v) is 2.27. The SMILES string of the molecule is O=C1C=C(O)CC(c2ccc3c(c2)OCO3)C1. The number of carbonyl (C=O) groups is 1. The van der Waals surface area contributed by atoms with Crippen LogP contribution in [0.3, 0.4) is 0 Å². The van der Waals surface area contributed by atoms with Gasteiger partial charge >= 0.3 is 0 Å². The van der Waals surface area contributed by atoms with E-state index in [1.165, 1.54) is 6.08 Å². The van der Waals surface area contributed by atoms with Crippen LogP contribution in [0, 0.1) is 0 Å². The van der Waals surface area contributed by atoms with Gasteiger partial charge in [-0.25, -0.2) is 0 Å². The number of rotatable bonds is 1. The predicted octanol–water partition coefficient (Wildman–Crippen LogP) is 2.30. The first-order valence-corrected chi connectivity index (χ1v) is 5.54. The van der Waals surface area contributed by atoms with Crippen molar-refractivity contribution in [2.45, 2.75) is 18.8 Å². The van der Waals surface area contributed by atoms with Crippen molar-refractivity contribution in [2.24, 2.45) is 0 Å². The van der Waals surface area contributed by atoms with E-state index in [1.54, 1.807) is 0 Å². The summed E-state index contributed by atoms with van der Waals surface area (Å²) in [5, 5.41) is 9.49. The molecule has 0 bridgehead atoms. The summed E-state index contributed by atoms with van der Waals surface area (Å²) in [7, 11) is 0. The van der Waals surface area contributed by atoms with Crippen molar-refractivity contribution in [1.29, 1.82) is 0 Å². The van der Waals surface area contributed by atoms with Crippen LogP contribution in [-0.4, -0.2) is 17.7 Å². The lowest BCUT2D eigenvalue weighted by Gasteiger charge is -2.19. The highest BCUT2D eigenvalue weighted by atomic mass is 16.7. The maximum absolute atomic E-state index is 11.4. The fourth-order valence-electron chi connectivity index (χ4n) is 2.27. The second-order valence-electron chi connectivity index (χ2n) is 4.32. The largest absolute Gasteiger partial charge is 0.512 e. The van der Waals surface area contributed by atoms with Gasteiger partial charge in [0.25, 0.3) is 0 Å². The summed E-state index contributed by atoms with van der Waals surface area (Å²) in [4.78, 5) is 11.4. The highest BCUT2D eigenvalue weighted by Crippen LogP contribution is 2.38. The second-order valence-corrected chi connectivity index (χ2v) is 4.32. The normalized spacial score (nSPS) is 22.5. The number of ether oxygens (including phenoxy) is 2. The third kappa shape index (κ3) is 1.86. The Labute approximate surface area is 98.5 Å². The third-order valence-electron chi connectivity index (χ3n) is 3.10. The van der Waals surface area contributed by atoms with E-state index in [0.29, 0.717) is 18.6 Å². The zero-order valence-electron chi connectivity index (χ0n) is 9.18. The maximum Gasteiger partial charge on any atom is 0.231 e. The Hall–Kier alpha value is -1.97. The molecular weight excluding hydrogens is 220 g/mol. The number of fused-ring (bicyclic) bond motifs is 1.